The third-order valence-corrected chi connectivity index (χ3v) is 4.31. The molecule has 1 N–H and O–H groups in total. The molecule has 0 unspecified atom stereocenters. The van der Waals surface area contributed by atoms with Gasteiger partial charge in [-0.15, -0.1) is 0 Å². The number of carbonyl (C=O) groups excluding carboxylic acids is 1. The Morgan fingerprint density at radius 1 is 1.36 bits per heavy atom. The quantitative estimate of drug-likeness (QED) is 0.891. The second kappa shape index (κ2) is 6.87. The van der Waals surface area contributed by atoms with Crippen LogP contribution in [0.15, 0.2) is 24.3 Å². The molecule has 1 aromatic carbocycles. The maximum absolute atomic E-state index is 12.5. The first-order chi connectivity index (χ1) is 9.95. The summed E-state index contributed by atoms with van der Waals surface area (Å²) in [5.41, 5.74) is -0.0620. The maximum atomic E-state index is 12.5. The maximum Gasteiger partial charge on any atom is 0.244 e. The zero-order valence-corrected chi connectivity index (χ0v) is 15.1. The van der Waals surface area contributed by atoms with Gasteiger partial charge in [-0.25, -0.2) is 8.42 Å². The van der Waals surface area contributed by atoms with E-state index in [0.717, 1.165) is 10.6 Å². The minimum absolute atomic E-state index is 0.333. The van der Waals surface area contributed by atoms with E-state index >= 15 is 0 Å². The van der Waals surface area contributed by atoms with E-state index in [1.165, 1.54) is 6.07 Å². The zero-order chi connectivity index (χ0) is 17.1. The Morgan fingerprint density at radius 2 is 1.95 bits per heavy atom. The van der Waals surface area contributed by atoms with Gasteiger partial charge in [-0.2, -0.15) is 0 Å². The van der Waals surface area contributed by atoms with Crippen LogP contribution in [0.25, 0.3) is 0 Å². The number of hydrogen-bond donors (Lipinski definition) is 1. The summed E-state index contributed by atoms with van der Waals surface area (Å²) in [4.78, 5) is 12.5. The van der Waals surface area contributed by atoms with E-state index in [4.69, 9.17) is 11.6 Å². The van der Waals surface area contributed by atoms with Gasteiger partial charge in [-0.3, -0.25) is 9.10 Å². The molecule has 1 atom stereocenters. The lowest BCUT2D eigenvalue weighted by Crippen LogP contribution is -2.53. The van der Waals surface area contributed by atoms with E-state index < -0.39 is 21.6 Å². The van der Waals surface area contributed by atoms with E-state index in [1.807, 2.05) is 20.8 Å². The standard InChI is InChI=1S/C15H23ClN2O3S/c1-6-13(14(19)17-15(2,3)4)18(22(5,20)21)12-9-7-8-11(16)10-12/h7-10,13H,6H2,1-5H3,(H,17,19)/t13-/m1/s1. The normalized spacial score (nSPS) is 13.5. The molecule has 0 spiro atoms. The highest BCUT2D eigenvalue weighted by atomic mass is 35.5. The third-order valence-electron chi connectivity index (χ3n) is 2.89. The summed E-state index contributed by atoms with van der Waals surface area (Å²) in [7, 11) is -3.63. The van der Waals surface area contributed by atoms with E-state index in [1.54, 1.807) is 25.1 Å². The van der Waals surface area contributed by atoms with Crippen molar-refractivity contribution in [3.63, 3.8) is 0 Å². The molecular weight excluding hydrogens is 324 g/mol. The van der Waals surface area contributed by atoms with E-state index in [0.29, 0.717) is 17.1 Å². The summed E-state index contributed by atoms with van der Waals surface area (Å²) in [5, 5.41) is 3.24. The third kappa shape index (κ3) is 5.18. The van der Waals surface area contributed by atoms with Crippen molar-refractivity contribution in [3.05, 3.63) is 29.3 Å². The van der Waals surface area contributed by atoms with Crippen LogP contribution in [0.2, 0.25) is 5.02 Å². The molecule has 0 aromatic heterocycles. The smallest absolute Gasteiger partial charge is 0.244 e. The van der Waals surface area contributed by atoms with Crippen LogP contribution in [-0.2, 0) is 14.8 Å². The zero-order valence-electron chi connectivity index (χ0n) is 13.6. The topological polar surface area (TPSA) is 66.5 Å². The van der Waals surface area contributed by atoms with E-state index in [-0.39, 0.29) is 5.91 Å². The lowest BCUT2D eigenvalue weighted by molar-refractivity contribution is -0.123. The molecule has 0 aliphatic carbocycles. The lowest BCUT2D eigenvalue weighted by Gasteiger charge is -2.32. The SMILES string of the molecule is CC[C@H](C(=O)NC(C)(C)C)N(c1cccc(Cl)c1)S(C)(=O)=O. The first-order valence-electron chi connectivity index (χ1n) is 7.02. The van der Waals surface area contributed by atoms with Crippen molar-refractivity contribution in [1.29, 1.82) is 0 Å². The number of carbonyl (C=O) groups is 1. The van der Waals surface area contributed by atoms with Crippen LogP contribution in [0.3, 0.4) is 0 Å². The number of nitrogens with zero attached hydrogens (tertiary/aromatic N) is 1. The Bertz CT molecular complexity index is 638. The molecular formula is C15H23ClN2O3S. The first-order valence-corrected chi connectivity index (χ1v) is 9.25. The number of benzene rings is 1. The van der Waals surface area contributed by atoms with Crippen molar-refractivity contribution in [1.82, 2.24) is 5.32 Å². The molecule has 0 saturated heterocycles. The van der Waals surface area contributed by atoms with Crippen molar-refractivity contribution in [2.45, 2.75) is 45.7 Å². The molecule has 1 rings (SSSR count). The average Bonchev–Trinajstić information content (AvgIpc) is 2.31. The molecule has 0 saturated carbocycles. The van der Waals surface area contributed by atoms with Gasteiger partial charge >= 0.3 is 0 Å². The molecule has 1 amide bonds. The van der Waals surface area contributed by atoms with Crippen LogP contribution in [0.5, 0.6) is 0 Å². The Labute approximate surface area is 137 Å². The van der Waals surface area contributed by atoms with Crippen LogP contribution in [-0.4, -0.2) is 32.2 Å². The van der Waals surface area contributed by atoms with Gasteiger partial charge in [0, 0.05) is 10.6 Å². The van der Waals surface area contributed by atoms with Crippen molar-refractivity contribution in [2.24, 2.45) is 0 Å². The number of nitrogens with one attached hydrogen (secondary N) is 1. The largest absolute Gasteiger partial charge is 0.350 e. The van der Waals surface area contributed by atoms with Gasteiger partial charge in [0.1, 0.15) is 6.04 Å². The summed E-state index contributed by atoms with van der Waals surface area (Å²) in [6, 6.07) is 5.65. The lowest BCUT2D eigenvalue weighted by atomic mass is 10.1. The van der Waals surface area contributed by atoms with Gasteiger partial charge < -0.3 is 5.32 Å². The summed E-state index contributed by atoms with van der Waals surface area (Å²) in [6.45, 7) is 7.32. The van der Waals surface area contributed by atoms with Gasteiger partial charge in [-0.05, 0) is 45.4 Å². The molecule has 0 fully saturated rings. The molecule has 5 nitrogen and oxygen atoms in total. The van der Waals surface area contributed by atoms with Crippen molar-refractivity contribution < 1.29 is 13.2 Å². The highest BCUT2D eigenvalue weighted by Crippen LogP contribution is 2.25. The Morgan fingerprint density at radius 3 is 2.36 bits per heavy atom. The summed E-state index contributed by atoms with van der Waals surface area (Å²) in [6.07, 6.45) is 1.43. The number of sulfonamides is 1. The first kappa shape index (κ1) is 18.8. The van der Waals surface area contributed by atoms with Crippen molar-refractivity contribution >= 4 is 33.2 Å². The highest BCUT2D eigenvalue weighted by molar-refractivity contribution is 7.92. The van der Waals surface area contributed by atoms with Crippen LogP contribution < -0.4 is 9.62 Å². The average molecular weight is 347 g/mol. The van der Waals surface area contributed by atoms with Gasteiger partial charge in [0.15, 0.2) is 0 Å². The fourth-order valence-corrected chi connectivity index (χ4v) is 3.51. The monoisotopic (exact) mass is 346 g/mol. The minimum atomic E-state index is -3.63. The van der Waals surface area contributed by atoms with E-state index in [9.17, 15) is 13.2 Å². The predicted molar refractivity (Wildman–Crippen MR) is 90.7 cm³/mol. The Balaban J connectivity index is 3.29. The van der Waals surface area contributed by atoms with Gasteiger partial charge in [0.25, 0.3) is 0 Å². The highest BCUT2D eigenvalue weighted by Gasteiger charge is 2.33. The van der Waals surface area contributed by atoms with Crippen LogP contribution in [0.1, 0.15) is 34.1 Å². The van der Waals surface area contributed by atoms with Crippen molar-refractivity contribution in [3.8, 4) is 0 Å². The van der Waals surface area contributed by atoms with Crippen molar-refractivity contribution in [2.75, 3.05) is 10.6 Å². The van der Waals surface area contributed by atoms with Gasteiger partial charge in [0.2, 0.25) is 15.9 Å². The second-order valence-corrected chi connectivity index (χ2v) is 8.50. The fourth-order valence-electron chi connectivity index (χ4n) is 2.13. The summed E-state index contributed by atoms with van der Waals surface area (Å²) >= 11 is 5.95. The Kier molecular flexibility index (Phi) is 5.87. The minimum Gasteiger partial charge on any atom is -0.350 e. The summed E-state index contributed by atoms with van der Waals surface area (Å²) < 4.78 is 25.6. The molecule has 0 heterocycles. The molecule has 22 heavy (non-hydrogen) atoms. The second-order valence-electron chi connectivity index (χ2n) is 6.20. The molecule has 0 aliphatic heterocycles. The number of amides is 1. The van der Waals surface area contributed by atoms with Gasteiger partial charge in [-0.1, -0.05) is 24.6 Å². The Hall–Kier alpha value is -1.27. The number of rotatable bonds is 5. The van der Waals surface area contributed by atoms with Crippen LogP contribution in [0, 0.1) is 0 Å². The number of hydrogen-bond acceptors (Lipinski definition) is 3. The molecule has 124 valence electrons. The number of anilines is 1. The molecule has 7 heteroatoms. The summed E-state index contributed by atoms with van der Waals surface area (Å²) in [5.74, 6) is -0.333. The molecule has 0 radical (unpaired) electrons. The molecule has 0 aliphatic rings. The molecule has 0 bridgehead atoms. The number of halogens is 1. The predicted octanol–water partition coefficient (Wildman–Crippen LogP) is 2.80. The van der Waals surface area contributed by atoms with E-state index in [2.05, 4.69) is 5.32 Å². The van der Waals surface area contributed by atoms with Gasteiger partial charge in [0.05, 0.1) is 11.9 Å². The van der Waals surface area contributed by atoms with Crippen LogP contribution >= 0.6 is 11.6 Å². The fraction of sp³-hybridized carbons (Fsp3) is 0.533. The van der Waals surface area contributed by atoms with Crippen LogP contribution in [0.4, 0.5) is 5.69 Å². The molecule has 1 aromatic rings.